The topological polar surface area (TPSA) is 71.0 Å². The van der Waals surface area contributed by atoms with Crippen LogP contribution in [0.1, 0.15) is 12.8 Å². The van der Waals surface area contributed by atoms with Gasteiger partial charge in [-0.1, -0.05) is 12.1 Å². The van der Waals surface area contributed by atoms with E-state index >= 15 is 0 Å². The fraction of sp³-hybridized carbons (Fsp3) is 0.263. The van der Waals surface area contributed by atoms with Crippen molar-refractivity contribution < 1.29 is 4.79 Å². The van der Waals surface area contributed by atoms with Gasteiger partial charge in [0.15, 0.2) is 5.82 Å². The first-order valence-electron chi connectivity index (χ1n) is 8.64. The van der Waals surface area contributed by atoms with E-state index in [9.17, 15) is 4.79 Å². The average Bonchev–Trinajstić information content (AvgIpc) is 3.24. The summed E-state index contributed by atoms with van der Waals surface area (Å²) in [5.74, 6) is 1.53. The molecule has 26 heavy (non-hydrogen) atoms. The van der Waals surface area contributed by atoms with Crippen molar-refractivity contribution in [2.45, 2.75) is 12.8 Å². The lowest BCUT2D eigenvalue weighted by molar-refractivity contribution is -0.120. The minimum Gasteiger partial charge on any atom is -0.355 e. The lowest BCUT2D eigenvalue weighted by atomic mass is 9.96. The van der Waals surface area contributed by atoms with E-state index in [0.717, 1.165) is 42.3 Å². The highest BCUT2D eigenvalue weighted by Crippen LogP contribution is 2.25. The third-order valence-corrected chi connectivity index (χ3v) is 5.42. The number of carbonyl (C=O) groups is 1. The molecule has 4 heterocycles. The molecule has 0 aromatic carbocycles. The first kappa shape index (κ1) is 16.7. The highest BCUT2D eigenvalue weighted by Gasteiger charge is 2.26. The molecule has 0 unspecified atom stereocenters. The molecule has 0 saturated carbocycles. The molecule has 1 N–H and O–H groups in total. The van der Waals surface area contributed by atoms with E-state index in [1.54, 1.807) is 23.6 Å². The Bertz CT molecular complexity index is 843. The summed E-state index contributed by atoms with van der Waals surface area (Å²) < 4.78 is 0. The van der Waals surface area contributed by atoms with Gasteiger partial charge in [0.1, 0.15) is 11.5 Å². The smallest absolute Gasteiger partial charge is 0.228 e. The molecule has 0 atom stereocenters. The second kappa shape index (κ2) is 7.61. The summed E-state index contributed by atoms with van der Waals surface area (Å²) >= 11 is 1.66. The van der Waals surface area contributed by atoms with Gasteiger partial charge in [0, 0.05) is 25.2 Å². The lowest BCUT2D eigenvalue weighted by Crippen LogP contribution is -2.38. The van der Waals surface area contributed by atoms with Gasteiger partial charge in [-0.15, -0.1) is 21.5 Å². The number of anilines is 2. The predicted octanol–water partition coefficient (Wildman–Crippen LogP) is 3.46. The van der Waals surface area contributed by atoms with E-state index in [-0.39, 0.29) is 11.8 Å². The maximum atomic E-state index is 12.4. The van der Waals surface area contributed by atoms with Crippen LogP contribution < -0.4 is 10.2 Å². The highest BCUT2D eigenvalue weighted by molar-refractivity contribution is 7.13. The van der Waals surface area contributed by atoms with Gasteiger partial charge in [-0.3, -0.25) is 4.79 Å². The average molecular weight is 365 g/mol. The minimum atomic E-state index is 0.00612. The van der Waals surface area contributed by atoms with E-state index < -0.39 is 0 Å². The zero-order valence-electron chi connectivity index (χ0n) is 14.2. The molecule has 0 radical (unpaired) electrons. The van der Waals surface area contributed by atoms with Gasteiger partial charge >= 0.3 is 0 Å². The standard InChI is InChI=1S/C19H19N5OS/c25-19(21-17-5-1-2-10-20-17)14-8-11-24(12-9-14)18-7-6-15(22-23-18)16-4-3-13-26-16/h1-7,10,13-14H,8-9,11-12H2,(H,20,21,25). The van der Waals surface area contributed by atoms with Crippen LogP contribution in [0.5, 0.6) is 0 Å². The molecule has 1 saturated heterocycles. The Morgan fingerprint density at radius 1 is 1.08 bits per heavy atom. The van der Waals surface area contributed by atoms with Crippen LogP contribution in [0.2, 0.25) is 0 Å². The molecule has 0 spiro atoms. The summed E-state index contributed by atoms with van der Waals surface area (Å²) in [6, 6.07) is 13.6. The van der Waals surface area contributed by atoms with Crippen molar-refractivity contribution in [2.75, 3.05) is 23.3 Å². The summed E-state index contributed by atoms with van der Waals surface area (Å²) in [4.78, 5) is 19.8. The van der Waals surface area contributed by atoms with E-state index in [4.69, 9.17) is 0 Å². The van der Waals surface area contributed by atoms with Gasteiger partial charge < -0.3 is 10.2 Å². The molecule has 0 bridgehead atoms. The van der Waals surface area contributed by atoms with Gasteiger partial charge in [-0.05, 0) is 48.6 Å². The summed E-state index contributed by atoms with van der Waals surface area (Å²) in [6.07, 6.45) is 3.27. The zero-order valence-corrected chi connectivity index (χ0v) is 15.0. The van der Waals surface area contributed by atoms with E-state index in [1.165, 1.54) is 0 Å². The minimum absolute atomic E-state index is 0.00612. The summed E-state index contributed by atoms with van der Waals surface area (Å²) in [6.45, 7) is 1.60. The van der Waals surface area contributed by atoms with Crippen LogP contribution in [0.25, 0.3) is 10.6 Å². The van der Waals surface area contributed by atoms with Crippen molar-refractivity contribution in [1.82, 2.24) is 15.2 Å². The Balaban J connectivity index is 1.34. The zero-order chi connectivity index (χ0) is 17.8. The number of aromatic nitrogens is 3. The molecule has 3 aromatic rings. The Hall–Kier alpha value is -2.80. The Morgan fingerprint density at radius 3 is 2.62 bits per heavy atom. The van der Waals surface area contributed by atoms with Crippen molar-refractivity contribution in [3.05, 3.63) is 54.0 Å². The number of amides is 1. The van der Waals surface area contributed by atoms with Gasteiger partial charge in [0.25, 0.3) is 0 Å². The SMILES string of the molecule is O=C(Nc1ccccn1)C1CCN(c2ccc(-c3cccs3)nn2)CC1. The fourth-order valence-corrected chi connectivity index (χ4v) is 3.78. The van der Waals surface area contributed by atoms with Crippen LogP contribution in [-0.2, 0) is 4.79 Å². The molecule has 1 aliphatic heterocycles. The molecule has 1 aliphatic rings. The van der Waals surface area contributed by atoms with Crippen molar-refractivity contribution in [3.63, 3.8) is 0 Å². The van der Waals surface area contributed by atoms with Crippen molar-refractivity contribution >= 4 is 28.9 Å². The van der Waals surface area contributed by atoms with E-state index in [0.29, 0.717) is 5.82 Å². The molecule has 7 heteroatoms. The molecule has 1 fully saturated rings. The lowest BCUT2D eigenvalue weighted by Gasteiger charge is -2.31. The quantitative estimate of drug-likeness (QED) is 0.767. The van der Waals surface area contributed by atoms with Crippen molar-refractivity contribution in [2.24, 2.45) is 5.92 Å². The molecular weight excluding hydrogens is 346 g/mol. The van der Waals surface area contributed by atoms with E-state index in [2.05, 4.69) is 25.4 Å². The number of thiophene rings is 1. The molecule has 3 aromatic heterocycles. The summed E-state index contributed by atoms with van der Waals surface area (Å²) in [7, 11) is 0. The molecule has 6 nitrogen and oxygen atoms in total. The number of carbonyl (C=O) groups excluding carboxylic acids is 1. The maximum absolute atomic E-state index is 12.4. The van der Waals surface area contributed by atoms with Crippen LogP contribution in [0.4, 0.5) is 11.6 Å². The number of hydrogen-bond donors (Lipinski definition) is 1. The molecule has 132 valence electrons. The monoisotopic (exact) mass is 365 g/mol. The first-order chi connectivity index (χ1) is 12.8. The number of nitrogens with zero attached hydrogens (tertiary/aromatic N) is 4. The van der Waals surface area contributed by atoms with Gasteiger partial charge in [0.05, 0.1) is 4.88 Å². The Labute approximate surface area is 155 Å². The Morgan fingerprint density at radius 2 is 1.96 bits per heavy atom. The first-order valence-corrected chi connectivity index (χ1v) is 9.52. The van der Waals surface area contributed by atoms with Gasteiger partial charge in [0.2, 0.25) is 5.91 Å². The second-order valence-electron chi connectivity index (χ2n) is 6.22. The molecular formula is C19H19N5OS. The van der Waals surface area contributed by atoms with Crippen molar-refractivity contribution in [3.8, 4) is 10.6 Å². The van der Waals surface area contributed by atoms with Crippen LogP contribution in [0.3, 0.4) is 0 Å². The van der Waals surface area contributed by atoms with Crippen LogP contribution in [0, 0.1) is 5.92 Å². The fourth-order valence-electron chi connectivity index (χ4n) is 3.09. The largest absolute Gasteiger partial charge is 0.355 e. The second-order valence-corrected chi connectivity index (χ2v) is 7.17. The molecule has 0 aliphatic carbocycles. The third kappa shape index (κ3) is 3.72. The Kier molecular flexibility index (Phi) is 4.88. The summed E-state index contributed by atoms with van der Waals surface area (Å²) in [5, 5.41) is 13.6. The maximum Gasteiger partial charge on any atom is 0.228 e. The van der Waals surface area contributed by atoms with Crippen LogP contribution >= 0.6 is 11.3 Å². The normalized spacial score (nSPS) is 15.0. The van der Waals surface area contributed by atoms with E-state index in [1.807, 2.05) is 41.8 Å². The predicted molar refractivity (Wildman–Crippen MR) is 103 cm³/mol. The number of rotatable bonds is 4. The van der Waals surface area contributed by atoms with Gasteiger partial charge in [-0.2, -0.15) is 0 Å². The third-order valence-electron chi connectivity index (χ3n) is 4.53. The number of piperidine rings is 1. The van der Waals surface area contributed by atoms with Crippen molar-refractivity contribution in [1.29, 1.82) is 0 Å². The number of nitrogens with one attached hydrogen (secondary N) is 1. The van der Waals surface area contributed by atoms with Crippen LogP contribution in [-0.4, -0.2) is 34.2 Å². The van der Waals surface area contributed by atoms with Gasteiger partial charge in [-0.25, -0.2) is 4.98 Å². The number of hydrogen-bond acceptors (Lipinski definition) is 6. The summed E-state index contributed by atoms with van der Waals surface area (Å²) in [5.41, 5.74) is 0.897. The molecule has 4 rings (SSSR count). The molecule has 1 amide bonds. The highest BCUT2D eigenvalue weighted by atomic mass is 32.1. The van der Waals surface area contributed by atoms with Crippen LogP contribution in [0.15, 0.2) is 54.0 Å². The number of pyridine rings is 1.